The van der Waals surface area contributed by atoms with E-state index in [1.54, 1.807) is 12.3 Å². The summed E-state index contributed by atoms with van der Waals surface area (Å²) in [5, 5.41) is 9.32. The van der Waals surface area contributed by atoms with E-state index in [9.17, 15) is 4.79 Å². The zero-order chi connectivity index (χ0) is 22.1. The molecule has 1 amide bonds. The first-order valence-electron chi connectivity index (χ1n) is 10.5. The van der Waals surface area contributed by atoms with Crippen LogP contribution in [0.1, 0.15) is 30.0 Å². The molecule has 5 heteroatoms. The number of hydrazone groups is 1. The van der Waals surface area contributed by atoms with Crippen LogP contribution in [0, 0.1) is 0 Å². The molecule has 1 aromatic heterocycles. The fraction of sp³-hybridized carbons (Fsp3) is 0.111. The van der Waals surface area contributed by atoms with Crippen molar-refractivity contribution in [3.05, 3.63) is 90.2 Å². The molecule has 0 spiro atoms. The molecule has 0 unspecified atom stereocenters. The van der Waals surface area contributed by atoms with E-state index in [0.717, 1.165) is 32.5 Å². The highest BCUT2D eigenvalue weighted by atomic mass is 16.5. The van der Waals surface area contributed by atoms with Crippen LogP contribution in [0.4, 0.5) is 0 Å². The molecule has 158 valence electrons. The Morgan fingerprint density at radius 3 is 2.38 bits per heavy atom. The number of carbonyl (C=O) groups excluding carboxylic acids is 1. The third-order valence-electron chi connectivity index (χ3n) is 5.30. The van der Waals surface area contributed by atoms with Crippen LogP contribution >= 0.6 is 0 Å². The third-order valence-corrected chi connectivity index (χ3v) is 5.30. The number of furan rings is 1. The molecule has 5 rings (SSSR count). The first-order chi connectivity index (χ1) is 15.6. The van der Waals surface area contributed by atoms with Crippen molar-refractivity contribution in [1.29, 1.82) is 0 Å². The summed E-state index contributed by atoms with van der Waals surface area (Å²) in [4.78, 5) is 12.7. The molecule has 0 bridgehead atoms. The molecule has 5 nitrogen and oxygen atoms in total. The Labute approximate surface area is 185 Å². The van der Waals surface area contributed by atoms with Gasteiger partial charge in [-0.2, -0.15) is 5.10 Å². The molecule has 5 aromatic rings. The van der Waals surface area contributed by atoms with Crippen molar-refractivity contribution in [1.82, 2.24) is 5.43 Å². The van der Waals surface area contributed by atoms with Crippen LogP contribution in [-0.4, -0.2) is 18.2 Å². The molecule has 0 saturated carbocycles. The molecule has 1 N–H and O–H groups in total. The van der Waals surface area contributed by atoms with Crippen molar-refractivity contribution in [3.63, 3.8) is 0 Å². The Hall–Kier alpha value is -4.12. The van der Waals surface area contributed by atoms with Gasteiger partial charge in [0, 0.05) is 10.9 Å². The summed E-state index contributed by atoms with van der Waals surface area (Å²) in [6.45, 7) is 3.95. The number of amides is 1. The molecule has 32 heavy (non-hydrogen) atoms. The monoisotopic (exact) mass is 422 g/mol. The average Bonchev–Trinajstić information content (AvgIpc) is 3.25. The minimum absolute atomic E-state index is 0.0169. The van der Waals surface area contributed by atoms with Crippen LogP contribution in [0.5, 0.6) is 5.75 Å². The van der Waals surface area contributed by atoms with Crippen LogP contribution in [-0.2, 0) is 0 Å². The van der Waals surface area contributed by atoms with Gasteiger partial charge in [-0.15, -0.1) is 0 Å². The van der Waals surface area contributed by atoms with Gasteiger partial charge in [0.05, 0.1) is 12.3 Å². The predicted molar refractivity (Wildman–Crippen MR) is 128 cm³/mol. The normalized spacial score (nSPS) is 11.7. The van der Waals surface area contributed by atoms with E-state index in [2.05, 4.69) is 10.5 Å². The zero-order valence-corrected chi connectivity index (χ0v) is 17.8. The molecule has 0 aliphatic heterocycles. The second kappa shape index (κ2) is 8.19. The van der Waals surface area contributed by atoms with Gasteiger partial charge in [-0.1, -0.05) is 60.7 Å². The number of hydrogen-bond donors (Lipinski definition) is 1. The summed E-state index contributed by atoms with van der Waals surface area (Å²) in [6.07, 6.45) is 1.64. The SMILES string of the molecule is CC(C)Oc1ccc2ccccc2c1/C=N/NC(=O)c1cc2c(ccc3ccccc32)o1. The summed E-state index contributed by atoms with van der Waals surface area (Å²) in [5.41, 5.74) is 4.06. The van der Waals surface area contributed by atoms with Gasteiger partial charge >= 0.3 is 5.91 Å². The quantitative estimate of drug-likeness (QED) is 0.267. The Kier molecular flexibility index (Phi) is 5.07. The lowest BCUT2D eigenvalue weighted by Crippen LogP contribution is -2.17. The van der Waals surface area contributed by atoms with Gasteiger partial charge in [-0.25, -0.2) is 5.43 Å². The number of carbonyl (C=O) groups is 1. The molecular formula is C27H22N2O3. The molecule has 0 saturated heterocycles. The molecule has 0 radical (unpaired) electrons. The lowest BCUT2D eigenvalue weighted by atomic mass is 10.0. The Balaban J connectivity index is 1.44. The Morgan fingerprint density at radius 2 is 1.59 bits per heavy atom. The van der Waals surface area contributed by atoms with Crippen molar-refractivity contribution in [2.24, 2.45) is 5.10 Å². The van der Waals surface area contributed by atoms with E-state index in [-0.39, 0.29) is 11.9 Å². The van der Waals surface area contributed by atoms with Crippen LogP contribution in [0.15, 0.2) is 88.4 Å². The van der Waals surface area contributed by atoms with Crippen molar-refractivity contribution in [2.75, 3.05) is 0 Å². The highest BCUT2D eigenvalue weighted by Gasteiger charge is 2.14. The van der Waals surface area contributed by atoms with Crippen molar-refractivity contribution >= 4 is 44.6 Å². The second-order valence-electron chi connectivity index (χ2n) is 7.87. The van der Waals surface area contributed by atoms with E-state index < -0.39 is 5.91 Å². The van der Waals surface area contributed by atoms with Gasteiger partial charge in [0.1, 0.15) is 11.3 Å². The van der Waals surface area contributed by atoms with Gasteiger partial charge < -0.3 is 9.15 Å². The van der Waals surface area contributed by atoms with Gasteiger partial charge in [-0.3, -0.25) is 4.79 Å². The summed E-state index contributed by atoms with van der Waals surface area (Å²) < 4.78 is 11.7. The van der Waals surface area contributed by atoms with E-state index in [0.29, 0.717) is 11.3 Å². The fourth-order valence-electron chi connectivity index (χ4n) is 3.88. The largest absolute Gasteiger partial charge is 0.490 e. The summed E-state index contributed by atoms with van der Waals surface area (Å²) >= 11 is 0. The molecular weight excluding hydrogens is 400 g/mol. The van der Waals surface area contributed by atoms with Gasteiger partial charge in [0.25, 0.3) is 0 Å². The lowest BCUT2D eigenvalue weighted by Gasteiger charge is -2.14. The van der Waals surface area contributed by atoms with E-state index in [4.69, 9.17) is 9.15 Å². The van der Waals surface area contributed by atoms with Crippen molar-refractivity contribution in [3.8, 4) is 5.75 Å². The van der Waals surface area contributed by atoms with Gasteiger partial charge in [0.15, 0.2) is 5.76 Å². The van der Waals surface area contributed by atoms with Crippen LogP contribution in [0.25, 0.3) is 32.5 Å². The standard InChI is InChI=1S/C27H22N2O3/c1-17(2)31-25-14-12-19-8-4-6-10-21(19)23(25)16-28-29-27(30)26-15-22-20-9-5-3-7-18(20)11-13-24(22)32-26/h3-17H,1-2H3,(H,29,30)/b28-16+. The number of nitrogens with zero attached hydrogens (tertiary/aromatic N) is 1. The smallest absolute Gasteiger partial charge is 0.307 e. The second-order valence-corrected chi connectivity index (χ2v) is 7.87. The molecule has 0 aliphatic rings. The third kappa shape index (κ3) is 3.69. The average molecular weight is 422 g/mol. The van der Waals surface area contributed by atoms with Gasteiger partial charge in [0.2, 0.25) is 0 Å². The number of benzene rings is 4. The zero-order valence-electron chi connectivity index (χ0n) is 17.8. The van der Waals surface area contributed by atoms with Crippen molar-refractivity contribution < 1.29 is 13.9 Å². The number of rotatable bonds is 5. The number of ether oxygens (including phenoxy) is 1. The molecule has 4 aromatic carbocycles. The topological polar surface area (TPSA) is 63.8 Å². The fourth-order valence-corrected chi connectivity index (χ4v) is 3.88. The Bertz CT molecular complexity index is 1480. The highest BCUT2D eigenvalue weighted by Crippen LogP contribution is 2.29. The maximum absolute atomic E-state index is 12.7. The number of nitrogens with one attached hydrogen (secondary N) is 1. The van der Waals surface area contributed by atoms with E-state index in [1.807, 2.05) is 86.6 Å². The number of hydrogen-bond acceptors (Lipinski definition) is 4. The number of fused-ring (bicyclic) bond motifs is 4. The van der Waals surface area contributed by atoms with Crippen LogP contribution < -0.4 is 10.2 Å². The molecule has 0 aliphatic carbocycles. The van der Waals surface area contributed by atoms with Crippen LogP contribution in [0.2, 0.25) is 0 Å². The Morgan fingerprint density at radius 1 is 0.906 bits per heavy atom. The minimum atomic E-state index is -0.409. The minimum Gasteiger partial charge on any atom is -0.490 e. The first-order valence-corrected chi connectivity index (χ1v) is 10.5. The van der Waals surface area contributed by atoms with Crippen LogP contribution in [0.3, 0.4) is 0 Å². The highest BCUT2D eigenvalue weighted by molar-refractivity contribution is 6.09. The van der Waals surface area contributed by atoms with Gasteiger partial charge in [-0.05, 0) is 53.6 Å². The molecule has 0 atom stereocenters. The van der Waals surface area contributed by atoms with E-state index >= 15 is 0 Å². The predicted octanol–water partition coefficient (Wildman–Crippen LogP) is 6.29. The maximum atomic E-state index is 12.7. The molecule has 1 heterocycles. The molecule has 0 fully saturated rings. The first kappa shape index (κ1) is 19.8. The summed E-state index contributed by atoms with van der Waals surface area (Å²) in [6, 6.07) is 25.6. The summed E-state index contributed by atoms with van der Waals surface area (Å²) in [5.74, 6) is 0.519. The van der Waals surface area contributed by atoms with Crippen molar-refractivity contribution in [2.45, 2.75) is 20.0 Å². The lowest BCUT2D eigenvalue weighted by molar-refractivity contribution is 0.0929. The summed E-state index contributed by atoms with van der Waals surface area (Å²) in [7, 11) is 0. The van der Waals surface area contributed by atoms with E-state index in [1.165, 1.54) is 0 Å². The maximum Gasteiger partial charge on any atom is 0.307 e.